The van der Waals surface area contributed by atoms with E-state index in [1.165, 1.54) is 5.57 Å². The van der Waals surface area contributed by atoms with Gasteiger partial charge in [0.15, 0.2) is 0 Å². The Morgan fingerprint density at radius 3 is 2.22 bits per heavy atom. The Kier molecular flexibility index (Phi) is 2.04. The van der Waals surface area contributed by atoms with Gasteiger partial charge in [-0.1, -0.05) is 11.6 Å². The zero-order chi connectivity index (χ0) is 6.69. The summed E-state index contributed by atoms with van der Waals surface area (Å²) in [7, 11) is 0. The summed E-state index contributed by atoms with van der Waals surface area (Å²) in [6, 6.07) is 0. The highest BCUT2D eigenvalue weighted by atomic mass is 14.4. The van der Waals surface area contributed by atoms with Crippen LogP contribution in [0.5, 0.6) is 0 Å². The molecule has 0 saturated heterocycles. The van der Waals surface area contributed by atoms with E-state index in [-0.39, 0.29) is 0 Å². The van der Waals surface area contributed by atoms with Crippen molar-refractivity contribution in [2.24, 2.45) is 0 Å². The van der Waals surface area contributed by atoms with Crippen LogP contribution in [0.1, 0.15) is 32.6 Å². The second-order valence-corrected chi connectivity index (χ2v) is 2.55. The molecule has 1 N–H and O–H groups in total. The first-order valence-corrected chi connectivity index (χ1v) is 3.53. The Bertz CT molecular complexity index is 133. The van der Waals surface area contributed by atoms with Gasteiger partial charge in [-0.2, -0.15) is 0 Å². The van der Waals surface area contributed by atoms with Gasteiger partial charge >= 0.3 is 0 Å². The lowest BCUT2D eigenvalue weighted by Gasteiger charge is -2.13. The molecular weight excluding hydrogens is 110 g/mol. The zero-order valence-corrected chi connectivity index (χ0v) is 5.91. The second kappa shape index (κ2) is 2.81. The van der Waals surface area contributed by atoms with E-state index in [0.29, 0.717) is 0 Å². The van der Waals surface area contributed by atoms with Gasteiger partial charge < -0.3 is 5.41 Å². The molecule has 0 radical (unpaired) electrons. The van der Waals surface area contributed by atoms with Gasteiger partial charge in [-0.25, -0.2) is 0 Å². The molecule has 0 aromatic carbocycles. The van der Waals surface area contributed by atoms with E-state index in [4.69, 9.17) is 5.41 Å². The van der Waals surface area contributed by atoms with Gasteiger partial charge in [-0.05, 0) is 32.6 Å². The van der Waals surface area contributed by atoms with Gasteiger partial charge in [-0.15, -0.1) is 0 Å². The van der Waals surface area contributed by atoms with Gasteiger partial charge in [0.1, 0.15) is 0 Å². The van der Waals surface area contributed by atoms with Crippen molar-refractivity contribution in [2.45, 2.75) is 32.6 Å². The van der Waals surface area contributed by atoms with Crippen molar-refractivity contribution in [3.63, 3.8) is 0 Å². The Hall–Kier alpha value is -0.590. The number of nitrogens with one attached hydrogen (secondary N) is 1. The predicted molar refractivity (Wildman–Crippen MR) is 40.0 cm³/mol. The maximum atomic E-state index is 7.33. The average Bonchev–Trinajstić information content (AvgIpc) is 1.90. The van der Waals surface area contributed by atoms with Crippen molar-refractivity contribution in [3.8, 4) is 0 Å². The van der Waals surface area contributed by atoms with E-state index >= 15 is 0 Å². The number of hydrogen-bond acceptors (Lipinski definition) is 1. The third-order valence-corrected chi connectivity index (χ3v) is 1.90. The molecule has 0 bridgehead atoms. The zero-order valence-electron chi connectivity index (χ0n) is 5.91. The molecule has 0 aliphatic heterocycles. The molecule has 0 atom stereocenters. The van der Waals surface area contributed by atoms with Crippen LogP contribution >= 0.6 is 0 Å². The molecule has 0 heterocycles. The highest BCUT2D eigenvalue weighted by Gasteiger charge is 2.07. The first-order valence-electron chi connectivity index (χ1n) is 3.53. The van der Waals surface area contributed by atoms with Crippen molar-refractivity contribution in [2.75, 3.05) is 0 Å². The molecule has 0 amide bonds. The minimum Gasteiger partial charge on any atom is -0.310 e. The van der Waals surface area contributed by atoms with Crippen molar-refractivity contribution in [1.82, 2.24) is 0 Å². The summed E-state index contributed by atoms with van der Waals surface area (Å²) in [6.07, 6.45) is 6.45. The summed E-state index contributed by atoms with van der Waals surface area (Å²) < 4.78 is 0. The molecule has 1 heteroatoms. The fraction of sp³-hybridized carbons (Fsp3) is 0.625. The molecule has 1 aliphatic rings. The molecule has 1 rings (SSSR count). The van der Waals surface area contributed by atoms with Crippen LogP contribution in [0.4, 0.5) is 0 Å². The molecule has 50 valence electrons. The van der Waals surface area contributed by atoms with Crippen LogP contribution < -0.4 is 0 Å². The fourth-order valence-electron chi connectivity index (χ4n) is 1.16. The fourth-order valence-corrected chi connectivity index (χ4v) is 1.16. The Morgan fingerprint density at radius 1 is 1.22 bits per heavy atom. The van der Waals surface area contributed by atoms with Crippen LogP contribution in [0.2, 0.25) is 0 Å². The Morgan fingerprint density at radius 2 is 1.78 bits per heavy atom. The minimum absolute atomic E-state index is 0.931. The third kappa shape index (κ3) is 1.67. The number of rotatable bonds is 0. The largest absolute Gasteiger partial charge is 0.310 e. The Balaban J connectivity index is 2.44. The van der Waals surface area contributed by atoms with Crippen LogP contribution in [0, 0.1) is 5.41 Å². The first-order chi connectivity index (χ1) is 4.33. The van der Waals surface area contributed by atoms with Crippen molar-refractivity contribution < 1.29 is 0 Å². The van der Waals surface area contributed by atoms with Gasteiger partial charge in [0, 0.05) is 5.71 Å². The molecular formula is C8H13N. The standard InChI is InChI=1S/C8H13N/c1-2-7-3-5-8(9)6-4-7/h2,9H,3-6H2,1H3. The van der Waals surface area contributed by atoms with Gasteiger partial charge in [-0.3, -0.25) is 0 Å². The van der Waals surface area contributed by atoms with E-state index in [2.05, 4.69) is 13.0 Å². The lowest BCUT2D eigenvalue weighted by Crippen LogP contribution is -2.04. The molecule has 1 nitrogen and oxygen atoms in total. The normalized spacial score (nSPS) is 20.1. The van der Waals surface area contributed by atoms with Gasteiger partial charge in [0.2, 0.25) is 0 Å². The molecule has 9 heavy (non-hydrogen) atoms. The number of hydrogen-bond donors (Lipinski definition) is 1. The molecule has 1 saturated carbocycles. The summed E-state index contributed by atoms with van der Waals surface area (Å²) >= 11 is 0. The minimum atomic E-state index is 0.931. The molecule has 0 aromatic rings. The van der Waals surface area contributed by atoms with Gasteiger partial charge in [0.25, 0.3) is 0 Å². The van der Waals surface area contributed by atoms with Crippen molar-refractivity contribution in [3.05, 3.63) is 11.6 Å². The molecule has 0 unspecified atom stereocenters. The summed E-state index contributed by atoms with van der Waals surface area (Å²) in [4.78, 5) is 0. The quantitative estimate of drug-likeness (QED) is 0.478. The number of allylic oxidation sites excluding steroid dienone is 2. The second-order valence-electron chi connectivity index (χ2n) is 2.55. The van der Waals surface area contributed by atoms with Crippen LogP contribution in [0.25, 0.3) is 0 Å². The van der Waals surface area contributed by atoms with Crippen molar-refractivity contribution >= 4 is 5.71 Å². The smallest absolute Gasteiger partial charge is 0.00955 e. The molecule has 0 spiro atoms. The van der Waals surface area contributed by atoms with E-state index in [9.17, 15) is 0 Å². The third-order valence-electron chi connectivity index (χ3n) is 1.90. The van der Waals surface area contributed by atoms with Crippen LogP contribution in [-0.2, 0) is 0 Å². The average molecular weight is 123 g/mol. The lowest BCUT2D eigenvalue weighted by molar-refractivity contribution is 0.816. The predicted octanol–water partition coefficient (Wildman–Crippen LogP) is 2.53. The van der Waals surface area contributed by atoms with Crippen molar-refractivity contribution in [1.29, 1.82) is 5.41 Å². The topological polar surface area (TPSA) is 23.9 Å². The lowest BCUT2D eigenvalue weighted by atomic mass is 9.93. The van der Waals surface area contributed by atoms with Crippen LogP contribution in [-0.4, -0.2) is 5.71 Å². The van der Waals surface area contributed by atoms with E-state index in [0.717, 1.165) is 31.4 Å². The maximum absolute atomic E-state index is 7.33. The Labute approximate surface area is 56.3 Å². The summed E-state index contributed by atoms with van der Waals surface area (Å²) in [5, 5.41) is 7.33. The van der Waals surface area contributed by atoms with Crippen LogP contribution in [0.15, 0.2) is 11.6 Å². The van der Waals surface area contributed by atoms with Gasteiger partial charge in [0.05, 0.1) is 0 Å². The first kappa shape index (κ1) is 6.53. The summed E-state index contributed by atoms with van der Waals surface area (Å²) in [5.41, 5.74) is 2.46. The monoisotopic (exact) mass is 123 g/mol. The maximum Gasteiger partial charge on any atom is 0.00955 e. The van der Waals surface area contributed by atoms with E-state index in [1.54, 1.807) is 0 Å². The van der Waals surface area contributed by atoms with E-state index in [1.807, 2.05) is 0 Å². The molecule has 0 aromatic heterocycles. The SMILES string of the molecule is CC=C1CCC(=N)CC1. The van der Waals surface area contributed by atoms with Crippen LogP contribution in [0.3, 0.4) is 0 Å². The highest BCUT2D eigenvalue weighted by Crippen LogP contribution is 2.19. The highest BCUT2D eigenvalue weighted by molar-refractivity contribution is 5.82. The van der Waals surface area contributed by atoms with E-state index < -0.39 is 0 Å². The summed E-state index contributed by atoms with van der Waals surface area (Å²) in [6.45, 7) is 2.09. The summed E-state index contributed by atoms with van der Waals surface area (Å²) in [5.74, 6) is 0. The molecule has 1 aliphatic carbocycles. The molecule has 1 fully saturated rings.